The molecule has 0 amide bonds. The van der Waals surface area contributed by atoms with Crippen LogP contribution in [-0.4, -0.2) is 14.3 Å². The summed E-state index contributed by atoms with van der Waals surface area (Å²) in [5, 5.41) is 5.69. The minimum Gasteiger partial charge on any atom is -0.344 e. The Morgan fingerprint density at radius 3 is 2.94 bits per heavy atom. The van der Waals surface area contributed by atoms with Crippen LogP contribution in [0.15, 0.2) is 47.4 Å². The average Bonchev–Trinajstić information content (AvgIpc) is 2.77. The van der Waals surface area contributed by atoms with Gasteiger partial charge in [0.05, 0.1) is 23.4 Å². The lowest BCUT2D eigenvalue weighted by Gasteiger charge is -2.20. The molecule has 2 aromatic heterocycles. The second kappa shape index (κ2) is 3.32. The van der Waals surface area contributed by atoms with Crippen LogP contribution in [0.1, 0.15) is 0 Å². The highest BCUT2D eigenvalue weighted by Crippen LogP contribution is 2.30. The highest BCUT2D eigenvalue weighted by atomic mass is 16.1. The van der Waals surface area contributed by atoms with Crippen molar-refractivity contribution in [1.82, 2.24) is 14.3 Å². The number of hydrogen-bond donors (Lipinski definition) is 0. The molecular formula is C14H11N3O. The number of nitrogens with zero attached hydrogens (tertiary/aromatic N) is 3. The van der Waals surface area contributed by atoms with E-state index in [1.165, 1.54) is 0 Å². The van der Waals surface area contributed by atoms with Crippen LogP contribution < -0.4 is 5.43 Å². The Balaban J connectivity index is 2.15. The van der Waals surface area contributed by atoms with E-state index < -0.39 is 0 Å². The fourth-order valence-corrected chi connectivity index (χ4v) is 2.62. The zero-order chi connectivity index (χ0) is 12.1. The highest BCUT2D eigenvalue weighted by Gasteiger charge is 2.19. The topological polar surface area (TPSA) is 39.8 Å². The van der Waals surface area contributed by atoms with E-state index in [9.17, 15) is 4.79 Å². The van der Waals surface area contributed by atoms with Crippen LogP contribution in [0, 0.1) is 0 Å². The van der Waals surface area contributed by atoms with Crippen molar-refractivity contribution in [2.75, 3.05) is 0 Å². The quantitative estimate of drug-likeness (QED) is 0.599. The van der Waals surface area contributed by atoms with Gasteiger partial charge in [-0.3, -0.25) is 9.48 Å². The van der Waals surface area contributed by atoms with Gasteiger partial charge in [-0.15, -0.1) is 0 Å². The minimum absolute atomic E-state index is 0.0416. The standard InChI is InChI=1S/C14H11N3O/c18-10-5-6-16-7-8-17-14(13(16)9-10)11-3-1-2-4-12(11)15-17/h1-6,9H,7-8H2. The normalized spacial score (nSPS) is 13.3. The lowest BCUT2D eigenvalue weighted by molar-refractivity contribution is 0.514. The summed E-state index contributed by atoms with van der Waals surface area (Å²) in [5.41, 5.74) is 3.04. The molecule has 3 heterocycles. The fraction of sp³-hybridized carbons (Fsp3) is 0.143. The number of fused-ring (bicyclic) bond motifs is 5. The number of aryl methyl sites for hydroxylation is 2. The first kappa shape index (κ1) is 9.65. The van der Waals surface area contributed by atoms with Crippen molar-refractivity contribution in [2.45, 2.75) is 13.1 Å². The van der Waals surface area contributed by atoms with Crippen LogP contribution >= 0.6 is 0 Å². The van der Waals surface area contributed by atoms with Crippen molar-refractivity contribution in [2.24, 2.45) is 0 Å². The van der Waals surface area contributed by atoms with Crippen molar-refractivity contribution in [3.05, 3.63) is 52.8 Å². The van der Waals surface area contributed by atoms with E-state index in [1.807, 2.05) is 29.1 Å². The van der Waals surface area contributed by atoms with E-state index in [1.54, 1.807) is 12.1 Å². The smallest absolute Gasteiger partial charge is 0.182 e. The third-order valence-corrected chi connectivity index (χ3v) is 3.45. The molecule has 0 spiro atoms. The number of rotatable bonds is 0. The molecular weight excluding hydrogens is 226 g/mol. The molecule has 0 N–H and O–H groups in total. The van der Waals surface area contributed by atoms with Crippen molar-refractivity contribution in [3.8, 4) is 11.4 Å². The first-order chi connectivity index (χ1) is 8.83. The predicted octanol–water partition coefficient (Wildman–Crippen LogP) is 1.88. The van der Waals surface area contributed by atoms with E-state index in [-0.39, 0.29) is 5.43 Å². The molecule has 18 heavy (non-hydrogen) atoms. The molecule has 0 radical (unpaired) electrons. The molecule has 0 bridgehead atoms. The van der Waals surface area contributed by atoms with E-state index >= 15 is 0 Å². The summed E-state index contributed by atoms with van der Waals surface area (Å²) < 4.78 is 4.12. The predicted molar refractivity (Wildman–Crippen MR) is 69.4 cm³/mol. The number of benzene rings is 1. The first-order valence-electron chi connectivity index (χ1n) is 5.99. The maximum Gasteiger partial charge on any atom is 0.182 e. The summed E-state index contributed by atoms with van der Waals surface area (Å²) >= 11 is 0. The second-order valence-corrected chi connectivity index (χ2v) is 4.53. The molecule has 0 saturated carbocycles. The summed E-state index contributed by atoms with van der Waals surface area (Å²) in [6.07, 6.45) is 1.86. The molecule has 4 rings (SSSR count). The van der Waals surface area contributed by atoms with Crippen LogP contribution in [0.5, 0.6) is 0 Å². The van der Waals surface area contributed by atoms with Gasteiger partial charge in [0.25, 0.3) is 0 Å². The maximum atomic E-state index is 11.6. The summed E-state index contributed by atoms with van der Waals surface area (Å²) in [4.78, 5) is 11.6. The second-order valence-electron chi connectivity index (χ2n) is 4.53. The van der Waals surface area contributed by atoms with E-state index in [4.69, 9.17) is 0 Å². The lowest BCUT2D eigenvalue weighted by Crippen LogP contribution is -2.20. The Kier molecular flexibility index (Phi) is 1.78. The summed E-state index contributed by atoms with van der Waals surface area (Å²) in [7, 11) is 0. The molecule has 4 nitrogen and oxygen atoms in total. The summed E-state index contributed by atoms with van der Waals surface area (Å²) in [5.74, 6) is 0. The van der Waals surface area contributed by atoms with Crippen LogP contribution in [0.2, 0.25) is 0 Å². The maximum absolute atomic E-state index is 11.6. The van der Waals surface area contributed by atoms with Crippen molar-refractivity contribution in [3.63, 3.8) is 0 Å². The van der Waals surface area contributed by atoms with Gasteiger partial charge in [0.1, 0.15) is 0 Å². The largest absolute Gasteiger partial charge is 0.344 e. The van der Waals surface area contributed by atoms with Crippen molar-refractivity contribution >= 4 is 10.9 Å². The van der Waals surface area contributed by atoms with E-state index in [0.717, 1.165) is 35.4 Å². The van der Waals surface area contributed by atoms with Gasteiger partial charge in [0.15, 0.2) is 5.43 Å². The molecule has 0 saturated heterocycles. The zero-order valence-electron chi connectivity index (χ0n) is 9.71. The molecule has 0 fully saturated rings. The molecule has 1 aromatic carbocycles. The third-order valence-electron chi connectivity index (χ3n) is 3.45. The van der Waals surface area contributed by atoms with Crippen LogP contribution in [0.25, 0.3) is 22.3 Å². The molecule has 0 atom stereocenters. The number of pyridine rings is 1. The zero-order valence-corrected chi connectivity index (χ0v) is 9.71. The van der Waals surface area contributed by atoms with E-state index in [0.29, 0.717) is 0 Å². The molecule has 4 heteroatoms. The van der Waals surface area contributed by atoms with Gasteiger partial charge in [0, 0.05) is 30.3 Å². The Labute approximate surface area is 103 Å². The Morgan fingerprint density at radius 1 is 1.11 bits per heavy atom. The Bertz CT molecular complexity index is 813. The van der Waals surface area contributed by atoms with E-state index in [2.05, 4.69) is 15.7 Å². The first-order valence-corrected chi connectivity index (χ1v) is 5.99. The Hall–Kier alpha value is -2.36. The van der Waals surface area contributed by atoms with Crippen LogP contribution in [-0.2, 0) is 13.1 Å². The Morgan fingerprint density at radius 2 is 2.00 bits per heavy atom. The SMILES string of the molecule is O=c1ccn2c(c1)-c1c3ccccc3nn1CC2. The third kappa shape index (κ3) is 1.20. The molecule has 0 unspecified atom stereocenters. The van der Waals surface area contributed by atoms with Crippen LogP contribution in [0.4, 0.5) is 0 Å². The fourth-order valence-electron chi connectivity index (χ4n) is 2.62. The monoisotopic (exact) mass is 237 g/mol. The molecule has 3 aromatic rings. The van der Waals surface area contributed by atoms with Crippen molar-refractivity contribution in [1.29, 1.82) is 0 Å². The van der Waals surface area contributed by atoms with Gasteiger partial charge in [-0.25, -0.2) is 0 Å². The van der Waals surface area contributed by atoms with Gasteiger partial charge in [-0.05, 0) is 6.07 Å². The number of aromatic nitrogens is 3. The van der Waals surface area contributed by atoms with Crippen molar-refractivity contribution < 1.29 is 0 Å². The lowest BCUT2D eigenvalue weighted by atomic mass is 10.1. The molecule has 1 aliphatic heterocycles. The van der Waals surface area contributed by atoms with Crippen LogP contribution in [0.3, 0.4) is 0 Å². The average molecular weight is 237 g/mol. The van der Waals surface area contributed by atoms with Gasteiger partial charge in [-0.1, -0.05) is 18.2 Å². The summed E-state index contributed by atoms with van der Waals surface area (Å²) in [6, 6.07) is 11.4. The number of hydrogen-bond acceptors (Lipinski definition) is 2. The molecule has 0 aliphatic carbocycles. The van der Waals surface area contributed by atoms with Gasteiger partial charge >= 0.3 is 0 Å². The highest BCUT2D eigenvalue weighted by molar-refractivity contribution is 5.92. The molecule has 88 valence electrons. The minimum atomic E-state index is 0.0416. The van der Waals surface area contributed by atoms with Gasteiger partial charge in [-0.2, -0.15) is 5.10 Å². The summed E-state index contributed by atoms with van der Waals surface area (Å²) in [6.45, 7) is 1.70. The molecule has 1 aliphatic rings. The van der Waals surface area contributed by atoms with Gasteiger partial charge < -0.3 is 4.57 Å². The van der Waals surface area contributed by atoms with Gasteiger partial charge in [0.2, 0.25) is 0 Å².